The van der Waals surface area contributed by atoms with Gasteiger partial charge in [-0.2, -0.15) is 13.2 Å². The molecular weight excluding hydrogens is 295 g/mol. The molecule has 0 radical (unpaired) electrons. The summed E-state index contributed by atoms with van der Waals surface area (Å²) in [4.78, 5) is 11.3. The Balaban J connectivity index is 2.93. The molecule has 0 aromatic heterocycles. The number of esters is 1. The molecule has 1 rings (SSSR count). The molecule has 1 aromatic rings. The Labute approximate surface area is 119 Å². The van der Waals surface area contributed by atoms with Crippen molar-refractivity contribution in [1.29, 1.82) is 0 Å². The van der Waals surface area contributed by atoms with Crippen molar-refractivity contribution in [2.45, 2.75) is 26.1 Å². The Morgan fingerprint density at radius 3 is 2.30 bits per heavy atom. The molecule has 0 saturated carbocycles. The number of alkyl halides is 3. The van der Waals surface area contributed by atoms with Crippen molar-refractivity contribution in [3.05, 3.63) is 41.1 Å². The molecule has 0 atom stereocenters. The number of hydrogen-bond donors (Lipinski definition) is 1. The minimum absolute atomic E-state index is 0.162. The van der Waals surface area contributed by atoms with E-state index in [0.29, 0.717) is 11.1 Å². The first-order valence-electron chi connectivity index (χ1n) is 5.70. The van der Waals surface area contributed by atoms with Gasteiger partial charge >= 0.3 is 12.1 Å². The molecule has 0 heterocycles. The van der Waals surface area contributed by atoms with Crippen molar-refractivity contribution in [2.24, 2.45) is 0 Å². The predicted octanol–water partition coefficient (Wildman–Crippen LogP) is 4.15. The van der Waals surface area contributed by atoms with Crippen LogP contribution >= 0.6 is 11.6 Å². The van der Waals surface area contributed by atoms with Gasteiger partial charge in [0.15, 0.2) is 0 Å². The van der Waals surface area contributed by atoms with Gasteiger partial charge in [0.1, 0.15) is 5.70 Å². The van der Waals surface area contributed by atoms with Gasteiger partial charge in [0.25, 0.3) is 0 Å². The van der Waals surface area contributed by atoms with E-state index in [1.165, 1.54) is 24.3 Å². The Morgan fingerprint density at radius 1 is 1.30 bits per heavy atom. The summed E-state index contributed by atoms with van der Waals surface area (Å²) in [6.07, 6.45) is -4.81. The summed E-state index contributed by atoms with van der Waals surface area (Å²) in [5, 5.41) is 2.52. The Hall–Kier alpha value is -1.69. The van der Waals surface area contributed by atoms with E-state index in [4.69, 9.17) is 11.6 Å². The second-order valence-electron chi connectivity index (χ2n) is 4.17. The monoisotopic (exact) mass is 307 g/mol. The summed E-state index contributed by atoms with van der Waals surface area (Å²) in [6, 6.07) is 5.61. The average molecular weight is 308 g/mol. The molecule has 1 N–H and O–H groups in total. The van der Waals surface area contributed by atoms with E-state index < -0.39 is 23.9 Å². The maximum Gasteiger partial charge on any atom is 0.431 e. The fraction of sp³-hybridized carbons (Fsp3) is 0.308. The lowest BCUT2D eigenvalue weighted by Crippen LogP contribution is -2.21. The molecule has 20 heavy (non-hydrogen) atoms. The number of carbonyl (C=O) groups is 1. The first-order valence-corrected chi connectivity index (χ1v) is 6.08. The largest absolute Gasteiger partial charge is 0.460 e. The molecule has 0 aliphatic heterocycles. The van der Waals surface area contributed by atoms with Gasteiger partial charge in [0, 0.05) is 10.7 Å². The van der Waals surface area contributed by atoms with E-state index in [1.807, 2.05) is 0 Å². The van der Waals surface area contributed by atoms with Crippen LogP contribution in [0.5, 0.6) is 0 Å². The van der Waals surface area contributed by atoms with E-state index in [0.717, 1.165) is 0 Å². The first-order chi connectivity index (χ1) is 9.18. The summed E-state index contributed by atoms with van der Waals surface area (Å²) < 4.78 is 43.1. The highest BCUT2D eigenvalue weighted by Crippen LogP contribution is 2.27. The quantitative estimate of drug-likeness (QED) is 0.671. The van der Waals surface area contributed by atoms with Gasteiger partial charge in [-0.05, 0) is 38.1 Å². The third kappa shape index (κ3) is 5.52. The lowest BCUT2D eigenvalue weighted by atomic mass is 10.3. The van der Waals surface area contributed by atoms with Crippen molar-refractivity contribution in [2.75, 3.05) is 5.32 Å². The van der Waals surface area contributed by atoms with Gasteiger partial charge < -0.3 is 10.1 Å². The number of benzene rings is 1. The van der Waals surface area contributed by atoms with Crippen molar-refractivity contribution in [3.8, 4) is 0 Å². The molecule has 3 nitrogen and oxygen atoms in total. The van der Waals surface area contributed by atoms with Crippen LogP contribution in [0.1, 0.15) is 13.8 Å². The predicted molar refractivity (Wildman–Crippen MR) is 70.4 cm³/mol. The molecule has 0 saturated heterocycles. The highest BCUT2D eigenvalue weighted by Gasteiger charge is 2.35. The van der Waals surface area contributed by atoms with E-state index in [2.05, 4.69) is 10.1 Å². The Morgan fingerprint density at radius 2 is 1.85 bits per heavy atom. The summed E-state index contributed by atoms with van der Waals surface area (Å²) in [6.45, 7) is 3.09. The van der Waals surface area contributed by atoms with Gasteiger partial charge in [-0.15, -0.1) is 0 Å². The molecule has 0 unspecified atom stereocenters. The lowest BCUT2D eigenvalue weighted by Gasteiger charge is -2.14. The molecule has 0 aliphatic carbocycles. The number of hydrogen-bond acceptors (Lipinski definition) is 3. The van der Waals surface area contributed by atoms with Gasteiger partial charge in [-0.25, -0.2) is 4.79 Å². The van der Waals surface area contributed by atoms with Gasteiger partial charge in [-0.1, -0.05) is 11.6 Å². The number of halogens is 4. The maximum absolute atomic E-state index is 12.8. The number of ether oxygens (including phenoxy) is 1. The fourth-order valence-corrected chi connectivity index (χ4v) is 1.39. The minimum Gasteiger partial charge on any atom is -0.460 e. The van der Waals surface area contributed by atoms with Gasteiger partial charge in [0.05, 0.1) is 12.2 Å². The topological polar surface area (TPSA) is 38.3 Å². The van der Waals surface area contributed by atoms with Crippen LogP contribution in [0.2, 0.25) is 5.02 Å². The second-order valence-corrected chi connectivity index (χ2v) is 4.61. The Kier molecular flexibility index (Phi) is 5.44. The fourth-order valence-electron chi connectivity index (χ4n) is 1.26. The van der Waals surface area contributed by atoms with Crippen LogP contribution in [0.4, 0.5) is 18.9 Å². The molecule has 0 spiro atoms. The second kappa shape index (κ2) is 6.65. The maximum atomic E-state index is 12.8. The molecule has 0 fully saturated rings. The number of rotatable bonds is 4. The van der Waals surface area contributed by atoms with E-state index in [-0.39, 0.29) is 5.69 Å². The van der Waals surface area contributed by atoms with E-state index in [1.54, 1.807) is 13.8 Å². The van der Waals surface area contributed by atoms with Crippen molar-refractivity contribution >= 4 is 23.3 Å². The van der Waals surface area contributed by atoms with Gasteiger partial charge in [-0.3, -0.25) is 0 Å². The summed E-state index contributed by atoms with van der Waals surface area (Å²) in [5.41, 5.74) is -1.04. The number of anilines is 1. The van der Waals surface area contributed by atoms with Crippen LogP contribution in [-0.4, -0.2) is 18.2 Å². The SMILES string of the molecule is CC(C)OC(=O)/C=C(/Nc1ccc(Cl)cc1)C(F)(F)F. The van der Waals surface area contributed by atoms with Crippen molar-refractivity contribution in [3.63, 3.8) is 0 Å². The van der Waals surface area contributed by atoms with Crippen LogP contribution in [0.3, 0.4) is 0 Å². The Bertz CT molecular complexity index is 495. The zero-order valence-corrected chi connectivity index (χ0v) is 11.5. The highest BCUT2D eigenvalue weighted by atomic mass is 35.5. The van der Waals surface area contributed by atoms with Crippen LogP contribution in [0, 0.1) is 0 Å². The zero-order valence-electron chi connectivity index (χ0n) is 10.8. The molecule has 110 valence electrons. The number of allylic oxidation sites excluding steroid dienone is 1. The van der Waals surface area contributed by atoms with Crippen LogP contribution in [-0.2, 0) is 9.53 Å². The normalized spacial score (nSPS) is 12.4. The van der Waals surface area contributed by atoms with E-state index in [9.17, 15) is 18.0 Å². The molecule has 0 bridgehead atoms. The van der Waals surface area contributed by atoms with Crippen LogP contribution < -0.4 is 5.32 Å². The number of carbonyl (C=O) groups excluding carboxylic acids is 1. The molecular formula is C13H13ClF3NO2. The van der Waals surface area contributed by atoms with Crippen LogP contribution in [0.25, 0.3) is 0 Å². The van der Waals surface area contributed by atoms with Gasteiger partial charge in [0.2, 0.25) is 0 Å². The highest BCUT2D eigenvalue weighted by molar-refractivity contribution is 6.30. The minimum atomic E-state index is -4.70. The smallest absolute Gasteiger partial charge is 0.431 e. The molecule has 0 aliphatic rings. The number of nitrogens with one attached hydrogen (secondary N) is 1. The molecule has 1 aromatic carbocycles. The summed E-state index contributed by atoms with van der Waals surface area (Å²) in [5.74, 6) is -1.06. The zero-order chi connectivity index (χ0) is 15.3. The van der Waals surface area contributed by atoms with Crippen molar-refractivity contribution in [1.82, 2.24) is 0 Å². The standard InChI is InChI=1S/C13H13ClF3NO2/c1-8(2)20-12(19)7-11(13(15,16)17)18-10-5-3-9(14)4-6-10/h3-8,18H,1-2H3/b11-7+. The van der Waals surface area contributed by atoms with E-state index >= 15 is 0 Å². The molecule has 0 amide bonds. The first kappa shape index (κ1) is 16.4. The average Bonchev–Trinajstić information content (AvgIpc) is 2.28. The third-order valence-electron chi connectivity index (χ3n) is 2.04. The summed E-state index contributed by atoms with van der Waals surface area (Å²) in [7, 11) is 0. The lowest BCUT2D eigenvalue weighted by molar-refractivity contribution is -0.142. The van der Waals surface area contributed by atoms with Crippen LogP contribution in [0.15, 0.2) is 36.0 Å². The summed E-state index contributed by atoms with van der Waals surface area (Å²) >= 11 is 5.64. The molecule has 7 heteroatoms. The third-order valence-corrected chi connectivity index (χ3v) is 2.29. The van der Waals surface area contributed by atoms with Crippen molar-refractivity contribution < 1.29 is 22.7 Å².